The van der Waals surface area contributed by atoms with Gasteiger partial charge in [-0.3, -0.25) is 0 Å². The van der Waals surface area contributed by atoms with Crippen molar-refractivity contribution >= 4 is 0 Å². The van der Waals surface area contributed by atoms with E-state index in [2.05, 4.69) is 34.6 Å². The molecule has 0 aliphatic heterocycles. The van der Waals surface area contributed by atoms with Crippen LogP contribution in [0.3, 0.4) is 0 Å². The standard InChI is InChI=1S/C15H25NO/c1-7-13(17)15(16)14-11(5)9(3)8(2)10(4)12(14)6/h13,15,17H,7,16H2,1-6H3/t13-,15-/m1/s1. The zero-order chi connectivity index (χ0) is 13.3. The first-order valence-corrected chi connectivity index (χ1v) is 6.33. The predicted octanol–water partition coefficient (Wildman–Crippen LogP) is 3.00. The molecule has 2 nitrogen and oxygen atoms in total. The topological polar surface area (TPSA) is 46.2 Å². The van der Waals surface area contributed by atoms with E-state index in [0.717, 1.165) is 5.56 Å². The van der Waals surface area contributed by atoms with Crippen LogP contribution in [0, 0.1) is 34.6 Å². The molecule has 0 unspecified atom stereocenters. The van der Waals surface area contributed by atoms with Crippen LogP contribution in [0.4, 0.5) is 0 Å². The summed E-state index contributed by atoms with van der Waals surface area (Å²) in [7, 11) is 0. The third-order valence-electron chi connectivity index (χ3n) is 4.22. The molecule has 17 heavy (non-hydrogen) atoms. The highest BCUT2D eigenvalue weighted by atomic mass is 16.3. The largest absolute Gasteiger partial charge is 0.391 e. The van der Waals surface area contributed by atoms with Gasteiger partial charge in [-0.25, -0.2) is 0 Å². The van der Waals surface area contributed by atoms with Gasteiger partial charge in [0.2, 0.25) is 0 Å². The third-order valence-corrected chi connectivity index (χ3v) is 4.22. The Bertz CT molecular complexity index is 394. The Labute approximate surface area is 105 Å². The zero-order valence-corrected chi connectivity index (χ0v) is 11.9. The van der Waals surface area contributed by atoms with Crippen molar-refractivity contribution < 1.29 is 5.11 Å². The number of aliphatic hydroxyl groups is 1. The van der Waals surface area contributed by atoms with Gasteiger partial charge >= 0.3 is 0 Å². The van der Waals surface area contributed by atoms with E-state index in [1.165, 1.54) is 27.8 Å². The second-order valence-electron chi connectivity index (χ2n) is 5.04. The van der Waals surface area contributed by atoms with Crippen LogP contribution in [0.1, 0.15) is 52.8 Å². The number of benzene rings is 1. The van der Waals surface area contributed by atoms with Gasteiger partial charge in [-0.05, 0) is 74.4 Å². The van der Waals surface area contributed by atoms with E-state index in [0.29, 0.717) is 6.42 Å². The molecule has 0 bridgehead atoms. The monoisotopic (exact) mass is 235 g/mol. The van der Waals surface area contributed by atoms with E-state index in [9.17, 15) is 5.11 Å². The highest BCUT2D eigenvalue weighted by Gasteiger charge is 2.22. The van der Waals surface area contributed by atoms with Crippen molar-refractivity contribution in [2.75, 3.05) is 0 Å². The zero-order valence-electron chi connectivity index (χ0n) is 11.9. The van der Waals surface area contributed by atoms with Gasteiger partial charge in [0.25, 0.3) is 0 Å². The summed E-state index contributed by atoms with van der Waals surface area (Å²) in [6.45, 7) is 12.6. The van der Waals surface area contributed by atoms with Crippen LogP contribution >= 0.6 is 0 Å². The maximum absolute atomic E-state index is 9.95. The van der Waals surface area contributed by atoms with Gasteiger partial charge in [-0.2, -0.15) is 0 Å². The second kappa shape index (κ2) is 5.19. The molecule has 0 heterocycles. The number of hydrogen-bond acceptors (Lipinski definition) is 2. The van der Waals surface area contributed by atoms with Gasteiger partial charge in [0, 0.05) is 0 Å². The van der Waals surface area contributed by atoms with E-state index in [1.807, 2.05) is 6.92 Å². The molecule has 1 aromatic rings. The smallest absolute Gasteiger partial charge is 0.0730 e. The van der Waals surface area contributed by atoms with Crippen molar-refractivity contribution in [2.45, 2.75) is 60.1 Å². The summed E-state index contributed by atoms with van der Waals surface area (Å²) in [5.74, 6) is 0. The minimum atomic E-state index is -0.464. The van der Waals surface area contributed by atoms with E-state index in [-0.39, 0.29) is 6.04 Å². The number of aliphatic hydroxyl groups excluding tert-OH is 1. The molecule has 3 N–H and O–H groups in total. The highest BCUT2D eigenvalue weighted by Crippen LogP contribution is 2.31. The minimum absolute atomic E-state index is 0.280. The molecule has 0 aromatic heterocycles. The molecular weight excluding hydrogens is 210 g/mol. The molecule has 0 fully saturated rings. The summed E-state index contributed by atoms with van der Waals surface area (Å²) in [5, 5.41) is 9.95. The van der Waals surface area contributed by atoms with Crippen LogP contribution in [0.2, 0.25) is 0 Å². The third kappa shape index (κ3) is 2.38. The fourth-order valence-electron chi connectivity index (χ4n) is 2.48. The lowest BCUT2D eigenvalue weighted by Crippen LogP contribution is -2.27. The van der Waals surface area contributed by atoms with E-state index in [4.69, 9.17) is 5.73 Å². The fraction of sp³-hybridized carbons (Fsp3) is 0.600. The molecule has 0 radical (unpaired) electrons. The lowest BCUT2D eigenvalue weighted by atomic mass is 9.84. The summed E-state index contributed by atoms with van der Waals surface area (Å²) in [6.07, 6.45) is 0.223. The van der Waals surface area contributed by atoms with Crippen molar-refractivity contribution in [1.29, 1.82) is 0 Å². The van der Waals surface area contributed by atoms with Crippen LogP contribution in [0.5, 0.6) is 0 Å². The number of nitrogens with two attached hydrogens (primary N) is 1. The second-order valence-corrected chi connectivity index (χ2v) is 5.04. The Morgan fingerprint density at radius 1 is 0.882 bits per heavy atom. The first-order valence-electron chi connectivity index (χ1n) is 6.33. The Kier molecular flexibility index (Phi) is 4.34. The van der Waals surface area contributed by atoms with Gasteiger partial charge in [-0.15, -0.1) is 0 Å². The van der Waals surface area contributed by atoms with Crippen molar-refractivity contribution in [3.63, 3.8) is 0 Å². The molecule has 1 rings (SSSR count). The van der Waals surface area contributed by atoms with Crippen LogP contribution in [-0.4, -0.2) is 11.2 Å². The molecule has 1 aromatic carbocycles. The first kappa shape index (κ1) is 14.2. The summed E-state index contributed by atoms with van der Waals surface area (Å²) in [4.78, 5) is 0. The molecular formula is C15H25NO. The lowest BCUT2D eigenvalue weighted by Gasteiger charge is -2.25. The average molecular weight is 235 g/mol. The molecule has 0 aliphatic rings. The SMILES string of the molecule is CC[C@@H](O)[C@@H](N)c1c(C)c(C)c(C)c(C)c1C. The van der Waals surface area contributed by atoms with Crippen LogP contribution < -0.4 is 5.73 Å². The van der Waals surface area contributed by atoms with Gasteiger partial charge < -0.3 is 10.8 Å². The molecule has 0 amide bonds. The van der Waals surface area contributed by atoms with Crippen molar-refractivity contribution in [3.05, 3.63) is 33.4 Å². The van der Waals surface area contributed by atoms with Crippen LogP contribution in [-0.2, 0) is 0 Å². The van der Waals surface area contributed by atoms with Gasteiger partial charge in [0.1, 0.15) is 0 Å². The van der Waals surface area contributed by atoms with E-state index >= 15 is 0 Å². The lowest BCUT2D eigenvalue weighted by molar-refractivity contribution is 0.140. The van der Waals surface area contributed by atoms with Crippen molar-refractivity contribution in [3.8, 4) is 0 Å². The number of hydrogen-bond donors (Lipinski definition) is 2. The summed E-state index contributed by atoms with van der Waals surface area (Å²) in [5.41, 5.74) is 13.7. The maximum atomic E-state index is 9.95. The molecule has 2 atom stereocenters. The normalized spacial score (nSPS) is 14.8. The predicted molar refractivity (Wildman–Crippen MR) is 73.4 cm³/mol. The molecule has 96 valence electrons. The first-order chi connectivity index (χ1) is 7.82. The van der Waals surface area contributed by atoms with Crippen molar-refractivity contribution in [2.24, 2.45) is 5.73 Å². The summed E-state index contributed by atoms with van der Waals surface area (Å²) < 4.78 is 0. The van der Waals surface area contributed by atoms with E-state index in [1.54, 1.807) is 0 Å². The summed E-state index contributed by atoms with van der Waals surface area (Å²) >= 11 is 0. The van der Waals surface area contributed by atoms with E-state index < -0.39 is 6.10 Å². The minimum Gasteiger partial charge on any atom is -0.391 e. The summed E-state index contributed by atoms with van der Waals surface area (Å²) in [6, 6.07) is -0.280. The Morgan fingerprint density at radius 2 is 1.24 bits per heavy atom. The number of rotatable bonds is 3. The molecule has 2 heteroatoms. The van der Waals surface area contributed by atoms with Crippen LogP contribution in [0.15, 0.2) is 0 Å². The van der Waals surface area contributed by atoms with Crippen LogP contribution in [0.25, 0.3) is 0 Å². The van der Waals surface area contributed by atoms with Crippen molar-refractivity contribution in [1.82, 2.24) is 0 Å². The quantitative estimate of drug-likeness (QED) is 0.846. The van der Waals surface area contributed by atoms with Gasteiger partial charge in [0.05, 0.1) is 12.1 Å². The molecule has 0 aliphatic carbocycles. The highest BCUT2D eigenvalue weighted by molar-refractivity contribution is 5.50. The molecule has 0 spiro atoms. The average Bonchev–Trinajstić information content (AvgIpc) is 2.32. The Morgan fingerprint density at radius 3 is 1.59 bits per heavy atom. The van der Waals surface area contributed by atoms with Gasteiger partial charge in [-0.1, -0.05) is 6.92 Å². The fourth-order valence-corrected chi connectivity index (χ4v) is 2.48. The Hall–Kier alpha value is -0.860. The Balaban J connectivity index is 3.44. The molecule has 0 saturated carbocycles. The van der Waals surface area contributed by atoms with Gasteiger partial charge in [0.15, 0.2) is 0 Å². The maximum Gasteiger partial charge on any atom is 0.0730 e. The molecule has 0 saturated heterocycles.